The van der Waals surface area contributed by atoms with Crippen molar-refractivity contribution in [1.82, 2.24) is 0 Å². The number of fused-ring (bicyclic) bond motifs is 2. The third-order valence-electron chi connectivity index (χ3n) is 6.82. The number of carbonyl (C=O) groups is 1. The predicted molar refractivity (Wildman–Crippen MR) is 129 cm³/mol. The van der Waals surface area contributed by atoms with Crippen molar-refractivity contribution in [2.75, 3.05) is 27.4 Å². The quantitative estimate of drug-likeness (QED) is 0.185. The Morgan fingerprint density at radius 1 is 1.13 bits per heavy atom. The minimum absolute atomic E-state index is 0.110. The molecular weight excluding hydrogens is 523 g/mol. The number of ether oxygens (including phenoxy) is 6. The molecule has 0 radical (unpaired) electrons. The van der Waals surface area contributed by atoms with E-state index in [1.807, 2.05) is 30.3 Å². The molecule has 13 heteroatoms. The van der Waals surface area contributed by atoms with Gasteiger partial charge < -0.3 is 28.4 Å². The van der Waals surface area contributed by atoms with Gasteiger partial charge in [-0.1, -0.05) is 65.8 Å². The molecule has 4 rings (SSSR count). The van der Waals surface area contributed by atoms with Gasteiger partial charge in [0.05, 0.1) is 25.9 Å². The summed E-state index contributed by atoms with van der Waals surface area (Å²) in [5, 5.41) is 3.69. The molecule has 2 saturated heterocycles. The van der Waals surface area contributed by atoms with Crippen LogP contribution in [0, 0.1) is 0 Å². The Balaban J connectivity index is 1.65. The van der Waals surface area contributed by atoms with Crippen molar-refractivity contribution in [2.24, 2.45) is 5.11 Å². The zero-order valence-electron chi connectivity index (χ0n) is 21.2. The molecule has 2 aromatic rings. The number of azide groups is 1. The second-order valence-corrected chi connectivity index (χ2v) is 9.19. The van der Waals surface area contributed by atoms with E-state index < -0.39 is 53.5 Å². The summed E-state index contributed by atoms with van der Waals surface area (Å²) in [6.45, 7) is -0.0302. The first-order valence-electron chi connectivity index (χ1n) is 12.1. The molecule has 2 aliphatic heterocycles. The van der Waals surface area contributed by atoms with Crippen LogP contribution in [-0.2, 0) is 45.4 Å². The SMILES string of the molecule is CO[C@@H]1OC[C@@H]2O[C@@]1(COCc1ccccc1)C[C@@H](OC(=O)[C@@](OC)(c1ccccc1)C(F)(F)F)[C@H]2N=[N+]=[N-]. The lowest BCUT2D eigenvalue weighted by atomic mass is 9.84. The lowest BCUT2D eigenvalue weighted by Crippen LogP contribution is -2.67. The molecule has 0 aliphatic carbocycles. The van der Waals surface area contributed by atoms with E-state index in [9.17, 15) is 23.5 Å². The van der Waals surface area contributed by atoms with E-state index in [0.29, 0.717) is 0 Å². The van der Waals surface area contributed by atoms with E-state index >= 15 is 0 Å². The second-order valence-electron chi connectivity index (χ2n) is 9.19. The van der Waals surface area contributed by atoms with E-state index in [0.717, 1.165) is 24.8 Å². The summed E-state index contributed by atoms with van der Waals surface area (Å²) in [5.74, 6) is -1.71. The van der Waals surface area contributed by atoms with Gasteiger partial charge in [0, 0.05) is 31.1 Å². The fourth-order valence-corrected chi connectivity index (χ4v) is 5.03. The number of methoxy groups -OCH3 is 2. The number of esters is 1. The number of halogens is 3. The Morgan fingerprint density at radius 2 is 1.79 bits per heavy atom. The van der Waals surface area contributed by atoms with Gasteiger partial charge in [-0.3, -0.25) is 0 Å². The van der Waals surface area contributed by atoms with Gasteiger partial charge in [0.15, 0.2) is 6.29 Å². The molecule has 2 fully saturated rings. The van der Waals surface area contributed by atoms with Gasteiger partial charge in [0.1, 0.15) is 17.7 Å². The standard InChI is InChI=1S/C26H28F3N3O7/c1-34-23-24(16-36-14-17-9-5-3-6-10-17)13-19(21(31-32-30)20(39-24)15-37-23)38-22(33)25(35-2,26(27,28)29)18-11-7-4-8-12-18/h3-12,19-21,23H,13-16H2,1-2H3/t19-,20+,21-,23-,24-,25+/m1/s1. The average Bonchev–Trinajstić information content (AvgIpc) is 2.92. The van der Waals surface area contributed by atoms with Gasteiger partial charge in [0.2, 0.25) is 0 Å². The molecule has 0 spiro atoms. The van der Waals surface area contributed by atoms with Gasteiger partial charge >= 0.3 is 12.1 Å². The summed E-state index contributed by atoms with van der Waals surface area (Å²) in [6, 6.07) is 14.5. The highest BCUT2D eigenvalue weighted by molar-refractivity contribution is 5.83. The van der Waals surface area contributed by atoms with E-state index in [-0.39, 0.29) is 26.2 Å². The van der Waals surface area contributed by atoms with Gasteiger partial charge in [-0.15, -0.1) is 0 Å². The summed E-state index contributed by atoms with van der Waals surface area (Å²) >= 11 is 0. The lowest BCUT2D eigenvalue weighted by Gasteiger charge is -2.53. The zero-order valence-corrected chi connectivity index (χ0v) is 21.2. The molecule has 0 N–H and O–H groups in total. The first-order chi connectivity index (χ1) is 18.7. The number of hydrogen-bond acceptors (Lipinski definition) is 8. The monoisotopic (exact) mass is 551 g/mol. The Labute approximate surface area is 222 Å². The van der Waals surface area contributed by atoms with Crippen LogP contribution in [0.15, 0.2) is 65.8 Å². The molecule has 0 aromatic heterocycles. The minimum atomic E-state index is -5.18. The van der Waals surface area contributed by atoms with Crippen molar-refractivity contribution in [1.29, 1.82) is 0 Å². The fraction of sp³-hybridized carbons (Fsp3) is 0.500. The van der Waals surface area contributed by atoms with Gasteiger partial charge in [0.25, 0.3) is 5.60 Å². The molecule has 210 valence electrons. The molecule has 2 aliphatic rings. The van der Waals surface area contributed by atoms with Crippen molar-refractivity contribution >= 4 is 5.97 Å². The maximum atomic E-state index is 14.5. The Kier molecular flexibility index (Phi) is 8.80. The summed E-state index contributed by atoms with van der Waals surface area (Å²) in [5.41, 5.74) is 4.80. The summed E-state index contributed by atoms with van der Waals surface area (Å²) < 4.78 is 77.1. The Hall–Kier alpha value is -3.19. The normalized spacial score (nSPS) is 28.1. The van der Waals surface area contributed by atoms with E-state index in [4.69, 9.17) is 28.4 Å². The summed E-state index contributed by atoms with van der Waals surface area (Å²) in [4.78, 5) is 16.2. The highest BCUT2D eigenvalue weighted by atomic mass is 19.4. The van der Waals surface area contributed by atoms with Crippen LogP contribution in [0.4, 0.5) is 13.2 Å². The van der Waals surface area contributed by atoms with Crippen LogP contribution in [0.25, 0.3) is 10.4 Å². The average molecular weight is 552 g/mol. The van der Waals surface area contributed by atoms with Crippen molar-refractivity contribution in [3.63, 3.8) is 0 Å². The van der Waals surface area contributed by atoms with Crippen molar-refractivity contribution < 1.29 is 46.4 Å². The van der Waals surface area contributed by atoms with Gasteiger partial charge in [-0.25, -0.2) is 4.79 Å². The number of nitrogens with zero attached hydrogens (tertiary/aromatic N) is 3. The number of hydrogen-bond donors (Lipinski definition) is 0. The van der Waals surface area contributed by atoms with Crippen LogP contribution < -0.4 is 0 Å². The van der Waals surface area contributed by atoms with Crippen LogP contribution in [0.1, 0.15) is 17.5 Å². The third kappa shape index (κ3) is 5.60. The van der Waals surface area contributed by atoms with Crippen LogP contribution in [0.2, 0.25) is 0 Å². The second kappa shape index (κ2) is 11.9. The van der Waals surface area contributed by atoms with Gasteiger partial charge in [-0.2, -0.15) is 13.2 Å². The highest BCUT2D eigenvalue weighted by Crippen LogP contribution is 2.45. The summed E-state index contributed by atoms with van der Waals surface area (Å²) in [7, 11) is 2.15. The molecule has 2 aromatic carbocycles. The van der Waals surface area contributed by atoms with Crippen molar-refractivity contribution in [2.45, 2.75) is 54.9 Å². The largest absolute Gasteiger partial charge is 0.459 e. The highest BCUT2D eigenvalue weighted by Gasteiger charge is 2.65. The van der Waals surface area contributed by atoms with Crippen LogP contribution in [0.3, 0.4) is 0 Å². The molecule has 2 bridgehead atoms. The maximum absolute atomic E-state index is 14.5. The molecule has 10 nitrogen and oxygen atoms in total. The lowest BCUT2D eigenvalue weighted by molar-refractivity contribution is -0.351. The molecule has 0 unspecified atom stereocenters. The first-order valence-corrected chi connectivity index (χ1v) is 12.1. The smallest absolute Gasteiger partial charge is 0.432 e. The fourth-order valence-electron chi connectivity index (χ4n) is 5.03. The molecule has 0 amide bonds. The number of alkyl halides is 3. The van der Waals surface area contributed by atoms with Gasteiger partial charge in [-0.05, 0) is 11.1 Å². The molecule has 2 heterocycles. The number of carbonyl (C=O) groups excluding carboxylic acids is 1. The molecule has 39 heavy (non-hydrogen) atoms. The third-order valence-corrected chi connectivity index (χ3v) is 6.82. The Morgan fingerprint density at radius 3 is 2.38 bits per heavy atom. The molecule has 6 atom stereocenters. The number of benzene rings is 2. The van der Waals surface area contributed by atoms with Crippen LogP contribution >= 0.6 is 0 Å². The topological polar surface area (TPSA) is 121 Å². The minimum Gasteiger partial charge on any atom is -0.459 e. The van der Waals surface area contributed by atoms with Crippen LogP contribution in [-0.4, -0.2) is 69.7 Å². The Bertz CT molecular complexity index is 1170. The van der Waals surface area contributed by atoms with E-state index in [2.05, 4.69) is 10.0 Å². The van der Waals surface area contributed by atoms with Crippen molar-refractivity contribution in [3.05, 3.63) is 82.2 Å². The zero-order chi connectivity index (χ0) is 28.1. The van der Waals surface area contributed by atoms with E-state index in [1.165, 1.54) is 25.3 Å². The first kappa shape index (κ1) is 28.8. The van der Waals surface area contributed by atoms with Crippen molar-refractivity contribution in [3.8, 4) is 0 Å². The summed E-state index contributed by atoms with van der Waals surface area (Å²) in [6.07, 6.45) is -8.70. The molecule has 0 saturated carbocycles. The van der Waals surface area contributed by atoms with Crippen LogP contribution in [0.5, 0.6) is 0 Å². The maximum Gasteiger partial charge on any atom is 0.432 e. The predicted octanol–water partition coefficient (Wildman–Crippen LogP) is 4.43. The molecular formula is C26H28F3N3O7. The van der Waals surface area contributed by atoms with E-state index in [1.54, 1.807) is 0 Å². The number of rotatable bonds is 10.